The van der Waals surface area contributed by atoms with Crippen LogP contribution in [0.4, 0.5) is 30.4 Å². The molecule has 0 amide bonds. The molecule has 2 aromatic carbocycles. The van der Waals surface area contributed by atoms with Crippen molar-refractivity contribution in [2.24, 2.45) is 0 Å². The Bertz CT molecular complexity index is 1090. The maximum atomic E-state index is 13.7. The van der Waals surface area contributed by atoms with Gasteiger partial charge in [-0.1, -0.05) is 12.1 Å². The highest BCUT2D eigenvalue weighted by atomic mass is 32.2. The third kappa shape index (κ3) is 4.20. The number of nitrogens with one attached hydrogen (secondary N) is 2. The van der Waals surface area contributed by atoms with Crippen molar-refractivity contribution in [3.63, 3.8) is 0 Å². The van der Waals surface area contributed by atoms with Crippen molar-refractivity contribution in [2.75, 3.05) is 10.0 Å². The Kier molecular flexibility index (Phi) is 5.04. The summed E-state index contributed by atoms with van der Waals surface area (Å²) in [6.07, 6.45) is 1.23. The molecule has 2 N–H and O–H groups in total. The zero-order valence-corrected chi connectivity index (χ0v) is 14.8. The molecule has 0 bridgehead atoms. The monoisotopic (exact) mass is 393 g/mol. The Labute approximate surface area is 153 Å². The first-order valence-electron chi connectivity index (χ1n) is 7.72. The molecule has 0 unspecified atom stereocenters. The highest BCUT2D eigenvalue weighted by Crippen LogP contribution is 2.24. The lowest BCUT2D eigenvalue weighted by molar-refractivity contribution is 0.449. The number of aromatic nitrogens is 1. The highest BCUT2D eigenvalue weighted by Gasteiger charge is 2.16. The molecule has 0 saturated heterocycles. The van der Waals surface area contributed by atoms with Gasteiger partial charge in [-0.3, -0.25) is 4.72 Å². The van der Waals surface area contributed by atoms with E-state index in [9.17, 15) is 21.6 Å². The summed E-state index contributed by atoms with van der Waals surface area (Å²) in [6.45, 7) is 1.77. The standard InChI is InChI=1S/C18H14F3N3O2S/c1-11-3-2-4-13(9-11)27(25,26)24-16-8-5-12(10-22-16)23-15-7-6-14(19)17(20)18(15)21/h2-10,23H,1H3,(H,22,24). The zero-order chi connectivity index (χ0) is 19.6. The summed E-state index contributed by atoms with van der Waals surface area (Å²) in [4.78, 5) is 4.03. The lowest BCUT2D eigenvalue weighted by atomic mass is 10.2. The van der Waals surface area contributed by atoms with Crippen molar-refractivity contribution in [1.29, 1.82) is 0 Å². The fraction of sp³-hybridized carbons (Fsp3) is 0.0556. The second-order valence-electron chi connectivity index (χ2n) is 5.70. The molecule has 0 radical (unpaired) electrons. The zero-order valence-electron chi connectivity index (χ0n) is 14.0. The molecule has 140 valence electrons. The van der Waals surface area contributed by atoms with Gasteiger partial charge in [0.25, 0.3) is 10.0 Å². The van der Waals surface area contributed by atoms with E-state index in [1.54, 1.807) is 19.1 Å². The quantitative estimate of drug-likeness (QED) is 0.632. The lowest BCUT2D eigenvalue weighted by Crippen LogP contribution is -2.14. The second kappa shape index (κ2) is 7.28. The summed E-state index contributed by atoms with van der Waals surface area (Å²) >= 11 is 0. The second-order valence-corrected chi connectivity index (χ2v) is 7.38. The maximum Gasteiger partial charge on any atom is 0.263 e. The van der Waals surface area contributed by atoms with E-state index in [1.807, 2.05) is 0 Å². The van der Waals surface area contributed by atoms with Gasteiger partial charge < -0.3 is 5.32 Å². The third-order valence-electron chi connectivity index (χ3n) is 3.62. The van der Waals surface area contributed by atoms with Gasteiger partial charge in [0, 0.05) is 0 Å². The minimum absolute atomic E-state index is 0.0489. The Morgan fingerprint density at radius 2 is 1.74 bits per heavy atom. The molecule has 0 aliphatic carbocycles. The summed E-state index contributed by atoms with van der Waals surface area (Å²) in [7, 11) is -3.81. The number of anilines is 3. The van der Waals surface area contributed by atoms with Crippen molar-refractivity contribution in [3.8, 4) is 0 Å². The van der Waals surface area contributed by atoms with E-state index < -0.39 is 27.5 Å². The molecule has 27 heavy (non-hydrogen) atoms. The van der Waals surface area contributed by atoms with E-state index in [-0.39, 0.29) is 22.1 Å². The van der Waals surface area contributed by atoms with Crippen LogP contribution in [0.2, 0.25) is 0 Å². The van der Waals surface area contributed by atoms with Gasteiger partial charge in [-0.05, 0) is 48.9 Å². The summed E-state index contributed by atoms with van der Waals surface area (Å²) in [5.41, 5.74) is 0.779. The van der Waals surface area contributed by atoms with Crippen LogP contribution in [0.15, 0.2) is 59.6 Å². The third-order valence-corrected chi connectivity index (χ3v) is 4.97. The average molecular weight is 393 g/mol. The maximum absolute atomic E-state index is 13.7. The molecule has 1 heterocycles. The minimum atomic E-state index is -3.81. The van der Waals surface area contributed by atoms with E-state index in [0.717, 1.165) is 17.7 Å². The van der Waals surface area contributed by atoms with Crippen LogP contribution in [0, 0.1) is 24.4 Å². The summed E-state index contributed by atoms with van der Waals surface area (Å²) in [5, 5.41) is 2.55. The SMILES string of the molecule is Cc1cccc(S(=O)(=O)Nc2ccc(Nc3ccc(F)c(F)c3F)cn2)c1. The summed E-state index contributed by atoms with van der Waals surface area (Å²) in [6, 6.07) is 11.0. The van der Waals surface area contributed by atoms with Crippen LogP contribution in [0.25, 0.3) is 0 Å². The van der Waals surface area contributed by atoms with Crippen LogP contribution < -0.4 is 10.0 Å². The number of hydrogen-bond donors (Lipinski definition) is 2. The van der Waals surface area contributed by atoms with Crippen molar-refractivity contribution in [1.82, 2.24) is 4.98 Å². The van der Waals surface area contributed by atoms with Crippen LogP contribution in [-0.4, -0.2) is 13.4 Å². The smallest absolute Gasteiger partial charge is 0.263 e. The number of pyridine rings is 1. The first-order valence-corrected chi connectivity index (χ1v) is 9.20. The van der Waals surface area contributed by atoms with Gasteiger partial charge in [0.1, 0.15) is 5.82 Å². The molecule has 0 fully saturated rings. The van der Waals surface area contributed by atoms with Gasteiger partial charge in [-0.2, -0.15) is 0 Å². The molecular formula is C18H14F3N3O2S. The topological polar surface area (TPSA) is 71.1 Å². The van der Waals surface area contributed by atoms with Crippen LogP contribution in [-0.2, 0) is 10.0 Å². The fourth-order valence-electron chi connectivity index (χ4n) is 2.29. The predicted molar refractivity (Wildman–Crippen MR) is 95.8 cm³/mol. The van der Waals surface area contributed by atoms with Gasteiger partial charge in [0.05, 0.1) is 22.5 Å². The predicted octanol–water partition coefficient (Wildman–Crippen LogP) is 4.35. The van der Waals surface area contributed by atoms with E-state index in [4.69, 9.17) is 0 Å². The van der Waals surface area contributed by atoms with Crippen molar-refractivity contribution in [3.05, 3.63) is 77.7 Å². The molecule has 3 rings (SSSR count). The summed E-state index contributed by atoms with van der Waals surface area (Å²) < 4.78 is 66.9. The van der Waals surface area contributed by atoms with E-state index in [1.165, 1.54) is 30.5 Å². The average Bonchev–Trinajstić information content (AvgIpc) is 2.63. The number of halogens is 3. The molecule has 0 aliphatic heterocycles. The van der Waals surface area contributed by atoms with Crippen LogP contribution in [0.1, 0.15) is 5.56 Å². The number of benzene rings is 2. The number of hydrogen-bond acceptors (Lipinski definition) is 4. The van der Waals surface area contributed by atoms with Gasteiger partial charge in [-0.25, -0.2) is 26.6 Å². The number of aryl methyl sites for hydroxylation is 1. The number of rotatable bonds is 5. The molecule has 3 aromatic rings. The Morgan fingerprint density at radius 1 is 0.963 bits per heavy atom. The molecule has 0 spiro atoms. The molecule has 9 heteroatoms. The minimum Gasteiger partial charge on any atom is -0.352 e. The van der Waals surface area contributed by atoms with Crippen LogP contribution in [0.3, 0.4) is 0 Å². The fourth-order valence-corrected chi connectivity index (χ4v) is 3.40. The number of nitrogens with zero attached hydrogens (tertiary/aromatic N) is 1. The van der Waals surface area contributed by atoms with E-state index >= 15 is 0 Å². The molecule has 0 saturated carbocycles. The van der Waals surface area contributed by atoms with E-state index in [0.29, 0.717) is 0 Å². The Morgan fingerprint density at radius 3 is 2.41 bits per heavy atom. The molecule has 5 nitrogen and oxygen atoms in total. The molecular weight excluding hydrogens is 379 g/mol. The van der Waals surface area contributed by atoms with Crippen molar-refractivity contribution in [2.45, 2.75) is 11.8 Å². The molecule has 0 aliphatic rings. The Hall–Kier alpha value is -3.07. The highest BCUT2D eigenvalue weighted by molar-refractivity contribution is 7.92. The van der Waals surface area contributed by atoms with Crippen LogP contribution in [0.5, 0.6) is 0 Å². The first-order chi connectivity index (χ1) is 12.8. The van der Waals surface area contributed by atoms with Gasteiger partial charge in [0.2, 0.25) is 0 Å². The number of sulfonamides is 1. The normalized spacial score (nSPS) is 11.3. The Balaban J connectivity index is 1.77. The van der Waals surface area contributed by atoms with Crippen molar-refractivity contribution >= 4 is 27.2 Å². The molecule has 1 aromatic heterocycles. The first kappa shape index (κ1) is 18.7. The van der Waals surface area contributed by atoms with Gasteiger partial charge in [-0.15, -0.1) is 0 Å². The lowest BCUT2D eigenvalue weighted by Gasteiger charge is -2.10. The van der Waals surface area contributed by atoms with Crippen LogP contribution >= 0.6 is 0 Å². The van der Waals surface area contributed by atoms with Crippen molar-refractivity contribution < 1.29 is 21.6 Å². The summed E-state index contributed by atoms with van der Waals surface area (Å²) in [5.74, 6) is -4.19. The largest absolute Gasteiger partial charge is 0.352 e. The van der Waals surface area contributed by atoms with E-state index in [2.05, 4.69) is 15.0 Å². The van der Waals surface area contributed by atoms with Gasteiger partial charge >= 0.3 is 0 Å². The van der Waals surface area contributed by atoms with Gasteiger partial charge in [0.15, 0.2) is 17.5 Å². The molecule has 0 atom stereocenters.